The largest absolute Gasteiger partial charge is 0.491 e. The topological polar surface area (TPSA) is 58.1 Å². The first-order valence-corrected chi connectivity index (χ1v) is 10.1. The van der Waals surface area contributed by atoms with Gasteiger partial charge in [-0.2, -0.15) is 0 Å². The Morgan fingerprint density at radius 3 is 2.79 bits per heavy atom. The molecule has 0 radical (unpaired) electrons. The van der Waals surface area contributed by atoms with E-state index in [9.17, 15) is 0 Å². The lowest BCUT2D eigenvalue weighted by atomic mass is 10.0. The van der Waals surface area contributed by atoms with E-state index in [1.54, 1.807) is 7.11 Å². The Kier molecular flexibility index (Phi) is 12.5. The van der Waals surface area contributed by atoms with Crippen molar-refractivity contribution in [1.29, 1.82) is 0 Å². The molecule has 1 saturated heterocycles. The van der Waals surface area contributed by atoms with Crippen LogP contribution in [-0.4, -0.2) is 63.9 Å². The van der Waals surface area contributed by atoms with E-state index < -0.39 is 0 Å². The Bertz CT molecular complexity index is 598. The number of likely N-dealkylation sites (N-methyl/N-ethyl adjacent to an activating group) is 1. The van der Waals surface area contributed by atoms with Gasteiger partial charge in [0.1, 0.15) is 12.4 Å². The third-order valence-corrected chi connectivity index (χ3v) is 5.10. The summed E-state index contributed by atoms with van der Waals surface area (Å²) in [6, 6.07) is 6.88. The number of benzene rings is 1. The molecule has 2 rings (SSSR count). The third-order valence-electron chi connectivity index (χ3n) is 5.10. The van der Waals surface area contributed by atoms with Crippen molar-refractivity contribution in [2.45, 2.75) is 45.7 Å². The second kappa shape index (κ2) is 14.0. The van der Waals surface area contributed by atoms with Crippen molar-refractivity contribution in [3.8, 4) is 5.75 Å². The molecule has 1 heterocycles. The van der Waals surface area contributed by atoms with Gasteiger partial charge >= 0.3 is 0 Å². The molecule has 1 unspecified atom stereocenters. The van der Waals surface area contributed by atoms with Gasteiger partial charge in [-0.25, -0.2) is 0 Å². The SMILES string of the molecule is CCN1CCCCC1CNC(=NC)NCc1ccc(C)cc1OCCOC.I. The number of hydrogen-bond acceptors (Lipinski definition) is 4. The number of piperidine rings is 1. The molecule has 7 heteroatoms. The number of nitrogens with zero attached hydrogens (tertiary/aromatic N) is 2. The molecule has 1 aliphatic heterocycles. The molecule has 1 atom stereocenters. The van der Waals surface area contributed by atoms with Crippen LogP contribution in [0.25, 0.3) is 0 Å². The Labute approximate surface area is 187 Å². The Morgan fingerprint density at radius 1 is 1.25 bits per heavy atom. The predicted octanol–water partition coefficient (Wildman–Crippen LogP) is 3.18. The highest BCUT2D eigenvalue weighted by Gasteiger charge is 2.20. The number of rotatable bonds is 9. The number of halogens is 1. The molecule has 1 aliphatic rings. The van der Waals surface area contributed by atoms with Crippen molar-refractivity contribution < 1.29 is 9.47 Å². The maximum Gasteiger partial charge on any atom is 0.191 e. The van der Waals surface area contributed by atoms with Crippen LogP contribution in [0.3, 0.4) is 0 Å². The van der Waals surface area contributed by atoms with E-state index in [4.69, 9.17) is 9.47 Å². The van der Waals surface area contributed by atoms with Gasteiger partial charge in [-0.15, -0.1) is 24.0 Å². The lowest BCUT2D eigenvalue weighted by Gasteiger charge is -2.35. The molecule has 2 N–H and O–H groups in total. The van der Waals surface area contributed by atoms with Gasteiger partial charge in [0.2, 0.25) is 0 Å². The lowest BCUT2D eigenvalue weighted by Crippen LogP contribution is -2.48. The standard InChI is InChI=1S/C21H36N4O2.HI/c1-5-25-11-7-6-8-19(25)16-24-21(22-3)23-15-18-10-9-17(2)14-20(18)27-13-12-26-4;/h9-10,14,19H,5-8,11-13,15-16H2,1-4H3,(H2,22,23,24);1H. The molecule has 0 aliphatic carbocycles. The first kappa shape index (κ1) is 25.0. The minimum absolute atomic E-state index is 0. The summed E-state index contributed by atoms with van der Waals surface area (Å²) in [4.78, 5) is 6.94. The van der Waals surface area contributed by atoms with Crippen LogP contribution in [0.5, 0.6) is 5.75 Å². The first-order valence-electron chi connectivity index (χ1n) is 10.1. The van der Waals surface area contributed by atoms with E-state index in [2.05, 4.69) is 52.6 Å². The molecule has 0 aromatic heterocycles. The first-order chi connectivity index (χ1) is 13.2. The molecule has 0 saturated carbocycles. The monoisotopic (exact) mass is 504 g/mol. The Morgan fingerprint density at radius 2 is 2.07 bits per heavy atom. The van der Waals surface area contributed by atoms with E-state index >= 15 is 0 Å². The summed E-state index contributed by atoms with van der Waals surface area (Å²) in [5.41, 5.74) is 2.30. The molecule has 1 aromatic carbocycles. The smallest absolute Gasteiger partial charge is 0.191 e. The van der Waals surface area contributed by atoms with Crippen LogP contribution in [0.15, 0.2) is 23.2 Å². The van der Waals surface area contributed by atoms with Gasteiger partial charge in [-0.05, 0) is 44.5 Å². The Hall–Kier alpha value is -1.06. The maximum absolute atomic E-state index is 5.88. The number of likely N-dealkylation sites (tertiary alicyclic amines) is 1. The van der Waals surface area contributed by atoms with Gasteiger partial charge in [0.15, 0.2) is 5.96 Å². The van der Waals surface area contributed by atoms with Crippen LogP contribution >= 0.6 is 24.0 Å². The molecular formula is C21H37IN4O2. The number of aliphatic imine (C=N–C) groups is 1. The normalized spacial score (nSPS) is 17.7. The van der Waals surface area contributed by atoms with Crippen LogP contribution in [-0.2, 0) is 11.3 Å². The van der Waals surface area contributed by atoms with Crippen LogP contribution in [0.1, 0.15) is 37.3 Å². The fourth-order valence-electron chi connectivity index (χ4n) is 3.50. The maximum atomic E-state index is 5.88. The van der Waals surface area contributed by atoms with Crippen molar-refractivity contribution in [2.24, 2.45) is 4.99 Å². The van der Waals surface area contributed by atoms with Gasteiger partial charge in [-0.1, -0.05) is 25.5 Å². The summed E-state index contributed by atoms with van der Waals surface area (Å²) in [6.45, 7) is 9.37. The number of methoxy groups -OCH3 is 1. The van der Waals surface area contributed by atoms with Crippen LogP contribution in [0, 0.1) is 6.92 Å². The fourth-order valence-corrected chi connectivity index (χ4v) is 3.50. The molecular weight excluding hydrogens is 467 g/mol. The molecule has 160 valence electrons. The highest BCUT2D eigenvalue weighted by atomic mass is 127. The highest BCUT2D eigenvalue weighted by Crippen LogP contribution is 2.20. The molecule has 0 bridgehead atoms. The van der Waals surface area contributed by atoms with Gasteiger partial charge in [0.25, 0.3) is 0 Å². The molecule has 0 amide bonds. The van der Waals surface area contributed by atoms with Gasteiger partial charge < -0.3 is 20.1 Å². The number of ether oxygens (including phenoxy) is 2. The van der Waals surface area contributed by atoms with Crippen molar-refractivity contribution in [3.05, 3.63) is 29.3 Å². The van der Waals surface area contributed by atoms with Crippen molar-refractivity contribution in [2.75, 3.05) is 47.0 Å². The zero-order valence-corrected chi connectivity index (χ0v) is 20.1. The van der Waals surface area contributed by atoms with E-state index in [0.29, 0.717) is 25.8 Å². The van der Waals surface area contributed by atoms with Crippen molar-refractivity contribution in [1.82, 2.24) is 15.5 Å². The van der Waals surface area contributed by atoms with E-state index in [1.165, 1.54) is 31.4 Å². The highest BCUT2D eigenvalue weighted by molar-refractivity contribution is 14.0. The summed E-state index contributed by atoms with van der Waals surface area (Å²) < 4.78 is 11.0. The summed E-state index contributed by atoms with van der Waals surface area (Å²) >= 11 is 0. The third kappa shape index (κ3) is 8.13. The van der Waals surface area contributed by atoms with Crippen molar-refractivity contribution in [3.63, 3.8) is 0 Å². The number of nitrogens with one attached hydrogen (secondary N) is 2. The number of guanidine groups is 1. The summed E-state index contributed by atoms with van der Waals surface area (Å²) in [7, 11) is 3.50. The minimum Gasteiger partial charge on any atom is -0.491 e. The van der Waals surface area contributed by atoms with Crippen LogP contribution in [0.2, 0.25) is 0 Å². The van der Waals surface area contributed by atoms with Crippen LogP contribution < -0.4 is 15.4 Å². The fraction of sp³-hybridized carbons (Fsp3) is 0.667. The minimum atomic E-state index is 0. The molecule has 1 aromatic rings. The van der Waals surface area contributed by atoms with E-state index in [1.807, 2.05) is 7.05 Å². The van der Waals surface area contributed by atoms with Crippen molar-refractivity contribution >= 4 is 29.9 Å². The number of aryl methyl sites for hydroxylation is 1. The lowest BCUT2D eigenvalue weighted by molar-refractivity contribution is 0.145. The summed E-state index contributed by atoms with van der Waals surface area (Å²) in [5.74, 6) is 1.74. The number of hydrogen-bond donors (Lipinski definition) is 2. The van der Waals surface area contributed by atoms with Gasteiger partial charge in [0, 0.05) is 38.9 Å². The molecule has 6 nitrogen and oxygen atoms in total. The predicted molar refractivity (Wildman–Crippen MR) is 127 cm³/mol. The molecule has 28 heavy (non-hydrogen) atoms. The van der Waals surface area contributed by atoms with E-state index in [0.717, 1.165) is 30.4 Å². The molecule has 0 spiro atoms. The molecule has 1 fully saturated rings. The second-order valence-electron chi connectivity index (χ2n) is 7.04. The van der Waals surface area contributed by atoms with Gasteiger partial charge in [0.05, 0.1) is 6.61 Å². The van der Waals surface area contributed by atoms with E-state index in [-0.39, 0.29) is 24.0 Å². The zero-order chi connectivity index (χ0) is 19.5. The average molecular weight is 504 g/mol. The van der Waals surface area contributed by atoms with Crippen LogP contribution in [0.4, 0.5) is 0 Å². The quantitative estimate of drug-likeness (QED) is 0.234. The summed E-state index contributed by atoms with van der Waals surface area (Å²) in [5, 5.41) is 6.91. The summed E-state index contributed by atoms with van der Waals surface area (Å²) in [6.07, 6.45) is 3.89. The average Bonchev–Trinajstić information content (AvgIpc) is 2.69. The van der Waals surface area contributed by atoms with Gasteiger partial charge in [-0.3, -0.25) is 9.89 Å². The zero-order valence-electron chi connectivity index (χ0n) is 17.8. The Balaban J connectivity index is 0.00000392. The second-order valence-corrected chi connectivity index (χ2v) is 7.04.